The molecule has 2 rings (SSSR count). The zero-order valence-corrected chi connectivity index (χ0v) is 12.3. The lowest BCUT2D eigenvalue weighted by Gasteiger charge is -2.33. The molecule has 2 heterocycles. The summed E-state index contributed by atoms with van der Waals surface area (Å²) in [7, 11) is 1.88. The minimum atomic E-state index is 0.0317. The van der Waals surface area contributed by atoms with Crippen LogP contribution in [-0.2, 0) is 11.2 Å². The molecule has 6 heteroatoms. The minimum Gasteiger partial charge on any atom is -0.373 e. The smallest absolute Gasteiger partial charge is 0.256 e. The number of carbonyl (C=O) groups excluding carboxylic acids is 1. The van der Waals surface area contributed by atoms with Crippen LogP contribution in [0.4, 0.5) is 0 Å². The number of nitrogens with zero attached hydrogens (tertiary/aromatic N) is 3. The van der Waals surface area contributed by atoms with Gasteiger partial charge in [0.05, 0.1) is 29.7 Å². The highest BCUT2D eigenvalue weighted by Crippen LogP contribution is 2.14. The zero-order valence-electron chi connectivity index (χ0n) is 12.3. The Bertz CT molecular complexity index is 476. The zero-order chi connectivity index (χ0) is 14.5. The highest BCUT2D eigenvalue weighted by molar-refractivity contribution is 5.95. The van der Waals surface area contributed by atoms with Crippen LogP contribution >= 0.6 is 0 Å². The standard InChI is InChI=1S/C14H22N4O2/c1-4-13-12(7-10(2)16-17-13)14(19)18-5-6-20-11(9-18)8-15-3/h7,11,15H,4-6,8-9H2,1-3H3. The second kappa shape index (κ2) is 6.76. The van der Waals surface area contributed by atoms with E-state index in [1.807, 2.05) is 31.9 Å². The van der Waals surface area contributed by atoms with Gasteiger partial charge in [-0.1, -0.05) is 6.92 Å². The van der Waals surface area contributed by atoms with E-state index in [2.05, 4.69) is 15.5 Å². The molecule has 0 aromatic carbocycles. The molecule has 0 aliphatic carbocycles. The number of hydrogen-bond donors (Lipinski definition) is 1. The van der Waals surface area contributed by atoms with Crippen LogP contribution < -0.4 is 5.32 Å². The van der Waals surface area contributed by atoms with Crippen molar-refractivity contribution in [1.29, 1.82) is 0 Å². The number of hydrogen-bond acceptors (Lipinski definition) is 5. The van der Waals surface area contributed by atoms with E-state index in [1.165, 1.54) is 0 Å². The van der Waals surface area contributed by atoms with E-state index in [-0.39, 0.29) is 12.0 Å². The first-order valence-corrected chi connectivity index (χ1v) is 7.04. The molecule has 1 aliphatic heterocycles. The SMILES string of the molecule is CCc1nnc(C)cc1C(=O)N1CCOC(CNC)C1. The molecule has 1 N–H and O–H groups in total. The monoisotopic (exact) mass is 278 g/mol. The van der Waals surface area contributed by atoms with Gasteiger partial charge in [0, 0.05) is 19.6 Å². The molecular formula is C14H22N4O2. The Morgan fingerprint density at radius 3 is 3.05 bits per heavy atom. The van der Waals surface area contributed by atoms with Gasteiger partial charge in [-0.15, -0.1) is 0 Å². The van der Waals surface area contributed by atoms with Crippen molar-refractivity contribution >= 4 is 5.91 Å². The molecule has 0 spiro atoms. The summed E-state index contributed by atoms with van der Waals surface area (Å²) in [5.41, 5.74) is 2.20. The molecular weight excluding hydrogens is 256 g/mol. The summed E-state index contributed by atoms with van der Waals surface area (Å²) in [6.07, 6.45) is 0.761. The minimum absolute atomic E-state index is 0.0317. The number of likely N-dealkylation sites (N-methyl/N-ethyl adjacent to an activating group) is 1. The number of morpholine rings is 1. The Morgan fingerprint density at radius 2 is 2.35 bits per heavy atom. The maximum atomic E-state index is 12.7. The van der Waals surface area contributed by atoms with Crippen LogP contribution in [0, 0.1) is 6.92 Å². The Morgan fingerprint density at radius 1 is 1.55 bits per heavy atom. The molecule has 1 fully saturated rings. The maximum absolute atomic E-state index is 12.7. The number of aryl methyl sites for hydroxylation is 2. The summed E-state index contributed by atoms with van der Waals surface area (Å²) in [6.45, 7) is 6.41. The normalized spacial score (nSPS) is 19.1. The molecule has 20 heavy (non-hydrogen) atoms. The third-order valence-corrected chi connectivity index (χ3v) is 3.42. The van der Waals surface area contributed by atoms with Crippen LogP contribution in [0.15, 0.2) is 6.07 Å². The lowest BCUT2D eigenvalue weighted by Crippen LogP contribution is -2.48. The lowest BCUT2D eigenvalue weighted by molar-refractivity contribution is -0.0196. The molecule has 0 saturated carbocycles. The summed E-state index contributed by atoms with van der Waals surface area (Å²) in [6, 6.07) is 1.83. The third-order valence-electron chi connectivity index (χ3n) is 3.42. The van der Waals surface area contributed by atoms with E-state index in [4.69, 9.17) is 4.74 Å². The molecule has 110 valence electrons. The molecule has 1 aliphatic rings. The first kappa shape index (κ1) is 14.9. The summed E-state index contributed by atoms with van der Waals surface area (Å²) < 4.78 is 5.63. The summed E-state index contributed by atoms with van der Waals surface area (Å²) in [4.78, 5) is 14.5. The van der Waals surface area contributed by atoms with Crippen molar-refractivity contribution in [1.82, 2.24) is 20.4 Å². The highest BCUT2D eigenvalue weighted by atomic mass is 16.5. The third kappa shape index (κ3) is 3.32. The average Bonchev–Trinajstić information content (AvgIpc) is 2.47. The number of aromatic nitrogens is 2. The molecule has 1 aromatic rings. The molecule has 6 nitrogen and oxygen atoms in total. The Kier molecular flexibility index (Phi) is 5.03. The van der Waals surface area contributed by atoms with Gasteiger partial charge in [-0.25, -0.2) is 0 Å². The van der Waals surface area contributed by atoms with Crippen molar-refractivity contribution in [3.63, 3.8) is 0 Å². The van der Waals surface area contributed by atoms with Crippen LogP contribution in [0.25, 0.3) is 0 Å². The Balaban J connectivity index is 2.16. The van der Waals surface area contributed by atoms with E-state index in [9.17, 15) is 4.79 Å². The van der Waals surface area contributed by atoms with Gasteiger partial charge in [0.25, 0.3) is 5.91 Å². The topological polar surface area (TPSA) is 67.4 Å². The predicted molar refractivity (Wildman–Crippen MR) is 75.7 cm³/mol. The van der Waals surface area contributed by atoms with E-state index < -0.39 is 0 Å². The van der Waals surface area contributed by atoms with Gasteiger partial charge < -0.3 is 15.0 Å². The van der Waals surface area contributed by atoms with Gasteiger partial charge in [-0.2, -0.15) is 10.2 Å². The van der Waals surface area contributed by atoms with Crippen molar-refractivity contribution in [2.24, 2.45) is 0 Å². The van der Waals surface area contributed by atoms with Gasteiger partial charge in [-0.3, -0.25) is 4.79 Å². The maximum Gasteiger partial charge on any atom is 0.256 e. The van der Waals surface area contributed by atoms with Crippen molar-refractivity contribution in [3.8, 4) is 0 Å². The quantitative estimate of drug-likeness (QED) is 0.864. The fourth-order valence-corrected chi connectivity index (χ4v) is 2.39. The molecule has 0 radical (unpaired) electrons. The fourth-order valence-electron chi connectivity index (χ4n) is 2.39. The van der Waals surface area contributed by atoms with E-state index in [0.717, 1.165) is 17.9 Å². The first-order chi connectivity index (χ1) is 9.65. The van der Waals surface area contributed by atoms with Crippen LogP contribution in [0.3, 0.4) is 0 Å². The van der Waals surface area contributed by atoms with E-state index >= 15 is 0 Å². The Hall–Kier alpha value is -1.53. The van der Waals surface area contributed by atoms with Crippen LogP contribution in [0.1, 0.15) is 28.7 Å². The van der Waals surface area contributed by atoms with Gasteiger partial charge in [-0.05, 0) is 26.5 Å². The lowest BCUT2D eigenvalue weighted by atomic mass is 10.1. The molecule has 1 aromatic heterocycles. The molecule has 0 bridgehead atoms. The van der Waals surface area contributed by atoms with Crippen LogP contribution in [0.2, 0.25) is 0 Å². The van der Waals surface area contributed by atoms with Gasteiger partial charge in [0.2, 0.25) is 0 Å². The number of amides is 1. The number of carbonyl (C=O) groups is 1. The number of rotatable bonds is 4. The largest absolute Gasteiger partial charge is 0.373 e. The van der Waals surface area contributed by atoms with E-state index in [1.54, 1.807) is 0 Å². The molecule has 1 unspecified atom stereocenters. The number of nitrogens with one attached hydrogen (secondary N) is 1. The summed E-state index contributed by atoms with van der Waals surface area (Å²) in [5, 5.41) is 11.2. The fraction of sp³-hybridized carbons (Fsp3) is 0.643. The van der Waals surface area contributed by atoms with Crippen LogP contribution in [0.5, 0.6) is 0 Å². The highest BCUT2D eigenvalue weighted by Gasteiger charge is 2.26. The van der Waals surface area contributed by atoms with E-state index in [0.29, 0.717) is 31.7 Å². The van der Waals surface area contributed by atoms with Crippen molar-refractivity contribution in [3.05, 3.63) is 23.0 Å². The predicted octanol–water partition coefficient (Wildman–Crippen LogP) is 0.408. The van der Waals surface area contributed by atoms with Crippen molar-refractivity contribution in [2.45, 2.75) is 26.4 Å². The van der Waals surface area contributed by atoms with Gasteiger partial charge >= 0.3 is 0 Å². The van der Waals surface area contributed by atoms with Crippen molar-refractivity contribution in [2.75, 3.05) is 33.3 Å². The molecule has 1 saturated heterocycles. The second-order valence-corrected chi connectivity index (χ2v) is 5.00. The van der Waals surface area contributed by atoms with Gasteiger partial charge in [0.15, 0.2) is 0 Å². The first-order valence-electron chi connectivity index (χ1n) is 7.04. The summed E-state index contributed by atoms with van der Waals surface area (Å²) >= 11 is 0. The summed E-state index contributed by atoms with van der Waals surface area (Å²) in [5.74, 6) is 0.0317. The van der Waals surface area contributed by atoms with Crippen molar-refractivity contribution < 1.29 is 9.53 Å². The number of ether oxygens (including phenoxy) is 1. The average molecular weight is 278 g/mol. The second-order valence-electron chi connectivity index (χ2n) is 5.00. The molecule has 1 atom stereocenters. The molecule has 1 amide bonds. The van der Waals surface area contributed by atoms with Gasteiger partial charge in [0.1, 0.15) is 0 Å². The Labute approximate surface area is 119 Å². The van der Waals surface area contributed by atoms with Crippen LogP contribution in [-0.4, -0.2) is 60.4 Å².